The van der Waals surface area contributed by atoms with Gasteiger partial charge in [0.25, 0.3) is 0 Å². The summed E-state index contributed by atoms with van der Waals surface area (Å²) in [6, 6.07) is 6.11. The van der Waals surface area contributed by atoms with Crippen LogP contribution in [-0.4, -0.2) is 21.1 Å². The van der Waals surface area contributed by atoms with Gasteiger partial charge in [-0.15, -0.1) is 11.3 Å². The van der Waals surface area contributed by atoms with E-state index in [0.29, 0.717) is 0 Å². The van der Waals surface area contributed by atoms with Gasteiger partial charge in [-0.25, -0.2) is 9.97 Å². The molecule has 0 radical (unpaired) electrons. The molecule has 3 aromatic rings. The lowest BCUT2D eigenvalue weighted by molar-refractivity contribution is -0.115. The molecule has 140 valence electrons. The minimum Gasteiger partial charge on any atom is -0.325 e. The number of benzene rings is 1. The first-order valence-electron chi connectivity index (χ1n) is 9.33. The van der Waals surface area contributed by atoms with E-state index in [0.717, 1.165) is 39.5 Å². The van der Waals surface area contributed by atoms with Crippen LogP contribution in [0, 0.1) is 13.8 Å². The Morgan fingerprint density at radius 1 is 1.22 bits per heavy atom. The Bertz CT molecular complexity index is 1010. The second-order valence-electron chi connectivity index (χ2n) is 7.14. The molecule has 0 bridgehead atoms. The van der Waals surface area contributed by atoms with E-state index >= 15 is 0 Å². The van der Waals surface area contributed by atoms with Gasteiger partial charge in [-0.2, -0.15) is 0 Å². The minimum atomic E-state index is -0.234. The minimum absolute atomic E-state index is 0.00422. The van der Waals surface area contributed by atoms with Crippen molar-refractivity contribution in [2.45, 2.75) is 56.7 Å². The SMILES string of the molecule is Cc1ccc(C)c(NC(=O)[C@@H](C)Sc2ncnc3sc4c(c23)CCCC4)c1. The van der Waals surface area contributed by atoms with Gasteiger partial charge in [0.2, 0.25) is 5.91 Å². The molecule has 27 heavy (non-hydrogen) atoms. The van der Waals surface area contributed by atoms with Gasteiger partial charge in [-0.05, 0) is 69.2 Å². The monoisotopic (exact) mass is 397 g/mol. The average Bonchev–Trinajstić information content (AvgIpc) is 3.04. The molecule has 2 aromatic heterocycles. The van der Waals surface area contributed by atoms with Crippen LogP contribution >= 0.6 is 23.1 Å². The van der Waals surface area contributed by atoms with E-state index in [9.17, 15) is 4.79 Å². The van der Waals surface area contributed by atoms with Gasteiger partial charge in [0.1, 0.15) is 16.2 Å². The number of carbonyl (C=O) groups is 1. The molecule has 0 aliphatic heterocycles. The third-order valence-corrected chi connectivity index (χ3v) is 7.33. The molecule has 0 fully saturated rings. The Kier molecular flexibility index (Phi) is 5.19. The Balaban J connectivity index is 1.57. The predicted octanol–water partition coefficient (Wildman–Crippen LogP) is 5.31. The molecule has 0 saturated carbocycles. The molecule has 4 nitrogen and oxygen atoms in total. The van der Waals surface area contributed by atoms with Crippen LogP contribution < -0.4 is 5.32 Å². The van der Waals surface area contributed by atoms with E-state index in [-0.39, 0.29) is 11.2 Å². The molecule has 1 aliphatic rings. The van der Waals surface area contributed by atoms with Crippen LogP contribution in [0.2, 0.25) is 0 Å². The summed E-state index contributed by atoms with van der Waals surface area (Å²) in [7, 11) is 0. The van der Waals surface area contributed by atoms with Gasteiger partial charge in [-0.1, -0.05) is 23.9 Å². The maximum atomic E-state index is 12.8. The number of rotatable bonds is 4. The van der Waals surface area contributed by atoms with Crippen LogP contribution in [0.4, 0.5) is 5.69 Å². The molecule has 0 spiro atoms. The topological polar surface area (TPSA) is 54.9 Å². The largest absolute Gasteiger partial charge is 0.325 e. The standard InChI is InChI=1S/C21H23N3OS2/c1-12-8-9-13(2)16(10-12)24-19(25)14(3)26-20-18-15-6-4-5-7-17(15)27-21(18)23-11-22-20/h8-11,14H,4-7H2,1-3H3,(H,24,25)/t14-/m1/s1. The van der Waals surface area contributed by atoms with Crippen molar-refractivity contribution in [3.05, 3.63) is 46.1 Å². The average molecular weight is 398 g/mol. The highest BCUT2D eigenvalue weighted by molar-refractivity contribution is 8.00. The molecule has 1 aliphatic carbocycles. The Hall–Kier alpha value is -1.92. The van der Waals surface area contributed by atoms with Crippen LogP contribution in [-0.2, 0) is 17.6 Å². The number of carbonyl (C=O) groups excluding carboxylic acids is 1. The van der Waals surface area contributed by atoms with Gasteiger partial charge < -0.3 is 5.32 Å². The van der Waals surface area contributed by atoms with Crippen molar-refractivity contribution in [3.8, 4) is 0 Å². The maximum Gasteiger partial charge on any atom is 0.237 e. The van der Waals surface area contributed by atoms with E-state index in [2.05, 4.69) is 21.4 Å². The first-order chi connectivity index (χ1) is 13.0. The lowest BCUT2D eigenvalue weighted by Crippen LogP contribution is -2.23. The van der Waals surface area contributed by atoms with E-state index in [4.69, 9.17) is 0 Å². The van der Waals surface area contributed by atoms with Crippen LogP contribution in [0.1, 0.15) is 41.3 Å². The van der Waals surface area contributed by atoms with E-state index in [1.54, 1.807) is 17.7 Å². The quantitative estimate of drug-likeness (QED) is 0.479. The van der Waals surface area contributed by atoms with Gasteiger partial charge in [-0.3, -0.25) is 4.79 Å². The Morgan fingerprint density at radius 3 is 2.89 bits per heavy atom. The molecule has 1 aromatic carbocycles. The first-order valence-corrected chi connectivity index (χ1v) is 11.0. The van der Waals surface area contributed by atoms with Gasteiger partial charge in [0.15, 0.2) is 0 Å². The van der Waals surface area contributed by atoms with E-state index < -0.39 is 0 Å². The summed E-state index contributed by atoms with van der Waals surface area (Å²) in [6.45, 7) is 5.99. The summed E-state index contributed by atoms with van der Waals surface area (Å²) >= 11 is 3.32. The highest BCUT2D eigenvalue weighted by atomic mass is 32.2. The van der Waals surface area contributed by atoms with E-state index in [1.165, 1.54) is 40.4 Å². The number of fused-ring (bicyclic) bond motifs is 3. The molecule has 1 N–H and O–H groups in total. The number of amides is 1. The zero-order chi connectivity index (χ0) is 19.0. The van der Waals surface area contributed by atoms with Gasteiger partial charge >= 0.3 is 0 Å². The highest BCUT2D eigenvalue weighted by Crippen LogP contribution is 2.40. The number of aryl methyl sites for hydroxylation is 4. The number of nitrogens with one attached hydrogen (secondary N) is 1. The van der Waals surface area contributed by atoms with E-state index in [1.807, 2.05) is 32.9 Å². The number of hydrogen-bond donors (Lipinski definition) is 1. The summed E-state index contributed by atoms with van der Waals surface area (Å²) in [5.41, 5.74) is 4.50. The normalized spacial score (nSPS) is 14.8. The molecule has 1 amide bonds. The predicted molar refractivity (Wildman–Crippen MR) is 114 cm³/mol. The van der Waals surface area contributed by atoms with Crippen molar-refractivity contribution in [3.63, 3.8) is 0 Å². The van der Waals surface area contributed by atoms with Crippen LogP contribution in [0.25, 0.3) is 10.2 Å². The zero-order valence-electron chi connectivity index (χ0n) is 15.8. The summed E-state index contributed by atoms with van der Waals surface area (Å²) in [5.74, 6) is 0.00422. The molecule has 0 saturated heterocycles. The molecular formula is C21H23N3OS2. The smallest absolute Gasteiger partial charge is 0.237 e. The Morgan fingerprint density at radius 2 is 2.04 bits per heavy atom. The summed E-state index contributed by atoms with van der Waals surface area (Å²) in [4.78, 5) is 24.3. The number of anilines is 1. The van der Waals surface area contributed by atoms with Crippen LogP contribution in [0.5, 0.6) is 0 Å². The molecule has 2 heterocycles. The number of aromatic nitrogens is 2. The first kappa shape index (κ1) is 18.4. The third kappa shape index (κ3) is 3.73. The fourth-order valence-electron chi connectivity index (χ4n) is 3.48. The lowest BCUT2D eigenvalue weighted by atomic mass is 9.97. The lowest BCUT2D eigenvalue weighted by Gasteiger charge is -2.15. The number of thioether (sulfide) groups is 1. The van der Waals surface area contributed by atoms with Gasteiger partial charge in [0.05, 0.1) is 5.25 Å². The van der Waals surface area contributed by atoms with Crippen molar-refractivity contribution in [2.75, 3.05) is 5.32 Å². The number of nitrogens with zero attached hydrogens (tertiary/aromatic N) is 2. The van der Waals surface area contributed by atoms with Gasteiger partial charge in [0, 0.05) is 16.0 Å². The molecule has 6 heteroatoms. The summed E-state index contributed by atoms with van der Waals surface area (Å²) < 4.78 is 0. The van der Waals surface area contributed by atoms with Crippen molar-refractivity contribution in [1.82, 2.24) is 9.97 Å². The van der Waals surface area contributed by atoms with Crippen molar-refractivity contribution in [1.29, 1.82) is 0 Å². The third-order valence-electron chi connectivity index (χ3n) is 5.03. The molecule has 4 rings (SSSR count). The van der Waals surface area contributed by atoms with Crippen molar-refractivity contribution < 1.29 is 4.79 Å². The van der Waals surface area contributed by atoms with Crippen LogP contribution in [0.15, 0.2) is 29.6 Å². The van der Waals surface area contributed by atoms with Crippen molar-refractivity contribution in [2.24, 2.45) is 0 Å². The zero-order valence-corrected chi connectivity index (χ0v) is 17.5. The highest BCUT2D eigenvalue weighted by Gasteiger charge is 2.23. The van der Waals surface area contributed by atoms with Crippen LogP contribution in [0.3, 0.4) is 0 Å². The molecular weight excluding hydrogens is 374 g/mol. The second-order valence-corrected chi connectivity index (χ2v) is 9.55. The maximum absolute atomic E-state index is 12.8. The molecule has 1 atom stereocenters. The summed E-state index contributed by atoms with van der Waals surface area (Å²) in [5, 5.41) is 4.95. The fourth-order valence-corrected chi connectivity index (χ4v) is 5.72. The van der Waals surface area contributed by atoms with Crippen molar-refractivity contribution >= 4 is 44.9 Å². The number of thiophene rings is 1. The number of hydrogen-bond acceptors (Lipinski definition) is 5. The molecule has 0 unspecified atom stereocenters. The second kappa shape index (κ2) is 7.60. The summed E-state index contributed by atoms with van der Waals surface area (Å²) in [6.07, 6.45) is 6.34. The fraction of sp³-hybridized carbons (Fsp3) is 0.381. The Labute approximate surface area is 167 Å².